The highest BCUT2D eigenvalue weighted by molar-refractivity contribution is 5.58. The molecule has 0 fully saturated rings. The summed E-state index contributed by atoms with van der Waals surface area (Å²) >= 11 is 0. The summed E-state index contributed by atoms with van der Waals surface area (Å²) in [7, 11) is 0. The summed E-state index contributed by atoms with van der Waals surface area (Å²) in [5.41, 5.74) is 2.49. The van der Waals surface area contributed by atoms with Crippen LogP contribution in [-0.4, -0.2) is 23.4 Å². The number of rotatable bonds is 1. The van der Waals surface area contributed by atoms with Crippen LogP contribution < -0.4 is 14.2 Å². The summed E-state index contributed by atoms with van der Waals surface area (Å²) in [6.07, 6.45) is 0.427. The van der Waals surface area contributed by atoms with Crippen LogP contribution >= 0.6 is 0 Å². The largest absolute Gasteiger partial charge is 0.492 e. The van der Waals surface area contributed by atoms with Crippen molar-refractivity contribution < 1.29 is 19.3 Å². The minimum absolute atomic E-state index is 0.00219. The second-order valence-electron chi connectivity index (χ2n) is 7.42. The molecule has 3 atom stereocenters. The van der Waals surface area contributed by atoms with Crippen molar-refractivity contribution in [3.63, 3.8) is 0 Å². The minimum atomic E-state index is -0.882. The molecule has 0 aromatic heterocycles. The van der Waals surface area contributed by atoms with Crippen molar-refractivity contribution in [3.8, 4) is 17.2 Å². The minimum Gasteiger partial charge on any atom is -0.492 e. The summed E-state index contributed by atoms with van der Waals surface area (Å²) in [4.78, 5) is 0. The number of hydrogen-bond donors (Lipinski definition) is 1. The van der Waals surface area contributed by atoms with Crippen LogP contribution in [0.15, 0.2) is 36.4 Å². The van der Waals surface area contributed by atoms with E-state index >= 15 is 0 Å². The maximum atomic E-state index is 10.3. The second kappa shape index (κ2) is 4.67. The van der Waals surface area contributed by atoms with E-state index in [1.165, 1.54) is 5.56 Å². The molecule has 124 valence electrons. The van der Waals surface area contributed by atoms with Crippen LogP contribution in [-0.2, 0) is 6.42 Å². The molecule has 0 radical (unpaired) electrons. The van der Waals surface area contributed by atoms with Crippen molar-refractivity contribution >= 4 is 0 Å². The van der Waals surface area contributed by atoms with Crippen molar-refractivity contribution in [2.24, 2.45) is 0 Å². The van der Waals surface area contributed by atoms with Crippen molar-refractivity contribution in [1.82, 2.24) is 0 Å². The van der Waals surface area contributed by atoms with E-state index in [1.807, 2.05) is 24.3 Å². The van der Waals surface area contributed by atoms with Gasteiger partial charge in [0.15, 0.2) is 0 Å². The third-order valence-corrected chi connectivity index (χ3v) is 5.35. The molecule has 0 spiro atoms. The molecule has 0 amide bonds. The SMILES string of the molecule is CC(C)(O)C1Cc2c(ccc3c2OC2c4ccccc4OCC32)O1. The predicted molar refractivity (Wildman–Crippen MR) is 88.9 cm³/mol. The van der Waals surface area contributed by atoms with Gasteiger partial charge in [-0.3, -0.25) is 0 Å². The first-order valence-corrected chi connectivity index (χ1v) is 8.45. The summed E-state index contributed by atoms with van der Waals surface area (Å²) in [5.74, 6) is 2.87. The smallest absolute Gasteiger partial charge is 0.138 e. The van der Waals surface area contributed by atoms with Gasteiger partial charge >= 0.3 is 0 Å². The lowest BCUT2D eigenvalue weighted by molar-refractivity contribution is -0.0230. The first-order chi connectivity index (χ1) is 11.5. The lowest BCUT2D eigenvalue weighted by Crippen LogP contribution is -2.39. The van der Waals surface area contributed by atoms with E-state index in [1.54, 1.807) is 13.8 Å². The Hall–Kier alpha value is -2.20. The predicted octanol–water partition coefficient (Wildman–Crippen LogP) is 3.37. The molecule has 2 aromatic carbocycles. The number of benzene rings is 2. The Labute approximate surface area is 141 Å². The van der Waals surface area contributed by atoms with Gasteiger partial charge in [0.05, 0.1) is 18.1 Å². The number of hydrogen-bond acceptors (Lipinski definition) is 4. The molecule has 0 saturated heterocycles. The van der Waals surface area contributed by atoms with E-state index in [4.69, 9.17) is 14.2 Å². The number of aliphatic hydroxyl groups is 1. The molecule has 3 heterocycles. The van der Waals surface area contributed by atoms with Gasteiger partial charge in [0, 0.05) is 23.1 Å². The van der Waals surface area contributed by atoms with Gasteiger partial charge in [0.2, 0.25) is 0 Å². The summed E-state index contributed by atoms with van der Waals surface area (Å²) in [5, 5.41) is 10.3. The first kappa shape index (κ1) is 14.2. The van der Waals surface area contributed by atoms with Crippen LogP contribution in [0.4, 0.5) is 0 Å². The van der Waals surface area contributed by atoms with Crippen LogP contribution in [0, 0.1) is 0 Å². The van der Waals surface area contributed by atoms with Crippen molar-refractivity contribution in [2.75, 3.05) is 6.61 Å². The zero-order valence-electron chi connectivity index (χ0n) is 13.8. The zero-order valence-corrected chi connectivity index (χ0v) is 13.8. The van der Waals surface area contributed by atoms with Crippen LogP contribution in [0.2, 0.25) is 0 Å². The molecular formula is C20H20O4. The maximum absolute atomic E-state index is 10.3. The molecule has 4 nitrogen and oxygen atoms in total. The Balaban J connectivity index is 1.56. The fraction of sp³-hybridized carbons (Fsp3) is 0.400. The van der Waals surface area contributed by atoms with Gasteiger partial charge in [0.25, 0.3) is 0 Å². The number of ether oxygens (including phenoxy) is 3. The maximum Gasteiger partial charge on any atom is 0.138 e. The van der Waals surface area contributed by atoms with Gasteiger partial charge in [-0.05, 0) is 26.0 Å². The Bertz CT molecular complexity index is 821. The molecule has 3 aliphatic rings. The van der Waals surface area contributed by atoms with E-state index in [-0.39, 0.29) is 18.1 Å². The van der Waals surface area contributed by atoms with Gasteiger partial charge in [-0.2, -0.15) is 0 Å². The molecule has 0 aliphatic carbocycles. The van der Waals surface area contributed by atoms with Crippen LogP contribution in [0.5, 0.6) is 17.2 Å². The Morgan fingerprint density at radius 3 is 2.67 bits per heavy atom. The lowest BCUT2D eigenvalue weighted by atomic mass is 9.88. The van der Waals surface area contributed by atoms with Gasteiger partial charge in [-0.1, -0.05) is 24.3 Å². The number of para-hydroxylation sites is 1. The quantitative estimate of drug-likeness (QED) is 0.874. The molecule has 1 N–H and O–H groups in total. The van der Waals surface area contributed by atoms with Crippen LogP contribution in [0.3, 0.4) is 0 Å². The molecule has 2 aromatic rings. The molecular weight excluding hydrogens is 304 g/mol. The standard InChI is InChI=1S/C20H20O4/c1-20(2,21)17-9-13-16(23-17)8-7-11-14-10-22-15-6-4-3-5-12(15)19(14)24-18(11)13/h3-8,14,17,19,21H,9-10H2,1-2H3. The fourth-order valence-electron chi connectivity index (χ4n) is 3.99. The Morgan fingerprint density at radius 2 is 1.83 bits per heavy atom. The lowest BCUT2D eigenvalue weighted by Gasteiger charge is -2.27. The molecule has 3 aliphatic heterocycles. The van der Waals surface area contributed by atoms with Crippen molar-refractivity contribution in [1.29, 1.82) is 0 Å². The van der Waals surface area contributed by atoms with Gasteiger partial charge < -0.3 is 19.3 Å². The van der Waals surface area contributed by atoms with Crippen molar-refractivity contribution in [2.45, 2.75) is 44.0 Å². The van der Waals surface area contributed by atoms with Crippen LogP contribution in [0.1, 0.15) is 42.6 Å². The zero-order chi connectivity index (χ0) is 16.5. The highest BCUT2D eigenvalue weighted by Crippen LogP contribution is 2.55. The van der Waals surface area contributed by atoms with E-state index in [9.17, 15) is 5.11 Å². The third kappa shape index (κ3) is 1.89. The summed E-state index contributed by atoms with van der Waals surface area (Å²) in [6.45, 7) is 4.20. The number of fused-ring (bicyclic) bond motifs is 7. The molecule has 0 saturated carbocycles. The third-order valence-electron chi connectivity index (χ3n) is 5.35. The molecule has 24 heavy (non-hydrogen) atoms. The summed E-state index contributed by atoms with van der Waals surface area (Å²) in [6, 6.07) is 12.2. The van der Waals surface area contributed by atoms with Crippen LogP contribution in [0.25, 0.3) is 0 Å². The van der Waals surface area contributed by atoms with E-state index in [0.717, 1.165) is 28.4 Å². The molecule has 3 unspecified atom stereocenters. The molecule has 4 heteroatoms. The Morgan fingerprint density at radius 1 is 1.00 bits per heavy atom. The van der Waals surface area contributed by atoms with E-state index in [2.05, 4.69) is 12.1 Å². The van der Waals surface area contributed by atoms with E-state index in [0.29, 0.717) is 13.0 Å². The average Bonchev–Trinajstić information content (AvgIpc) is 3.15. The second-order valence-corrected chi connectivity index (χ2v) is 7.42. The highest BCUT2D eigenvalue weighted by atomic mass is 16.5. The van der Waals surface area contributed by atoms with Gasteiger partial charge in [-0.25, -0.2) is 0 Å². The normalized spacial score (nSPS) is 26.4. The van der Waals surface area contributed by atoms with E-state index < -0.39 is 5.60 Å². The fourth-order valence-corrected chi connectivity index (χ4v) is 3.99. The van der Waals surface area contributed by atoms with Gasteiger partial charge in [0.1, 0.15) is 29.5 Å². The van der Waals surface area contributed by atoms with Gasteiger partial charge in [-0.15, -0.1) is 0 Å². The molecule has 5 rings (SSSR count). The van der Waals surface area contributed by atoms with Crippen molar-refractivity contribution in [3.05, 3.63) is 53.1 Å². The monoisotopic (exact) mass is 324 g/mol. The topological polar surface area (TPSA) is 47.9 Å². The first-order valence-electron chi connectivity index (χ1n) is 8.45. The average molecular weight is 324 g/mol. The highest BCUT2D eigenvalue weighted by Gasteiger charge is 2.45. The summed E-state index contributed by atoms with van der Waals surface area (Å²) < 4.78 is 18.3. The Kier molecular flexibility index (Phi) is 2.76. The molecule has 0 bridgehead atoms.